The first-order valence-corrected chi connectivity index (χ1v) is 8.40. The van der Waals surface area contributed by atoms with Gasteiger partial charge in [0.1, 0.15) is 17.2 Å². The van der Waals surface area contributed by atoms with Crippen LogP contribution in [0.15, 0.2) is 28.8 Å². The standard InChI is InChI=1S/C18H23N3O4/c1-12-3-4-17(25-12)16(21-5-7-24-8-6-21)11-20-18(23)15-9-14(10-19-15)13(2)22/h3-4,9-10,16,19H,5-8,11H2,1-2H3,(H,20,23)/t16-/m0/s1. The fourth-order valence-electron chi connectivity index (χ4n) is 2.94. The van der Waals surface area contributed by atoms with Crippen molar-refractivity contribution in [2.75, 3.05) is 32.8 Å². The molecule has 25 heavy (non-hydrogen) atoms. The van der Waals surface area contributed by atoms with Crippen molar-refractivity contribution >= 4 is 11.7 Å². The second-order valence-electron chi connectivity index (χ2n) is 6.18. The maximum Gasteiger partial charge on any atom is 0.267 e. The molecule has 0 aromatic carbocycles. The number of hydrogen-bond donors (Lipinski definition) is 2. The fourth-order valence-corrected chi connectivity index (χ4v) is 2.94. The number of carbonyl (C=O) groups is 2. The summed E-state index contributed by atoms with van der Waals surface area (Å²) in [6.45, 7) is 6.71. The smallest absolute Gasteiger partial charge is 0.267 e. The molecule has 3 rings (SSSR count). The summed E-state index contributed by atoms with van der Waals surface area (Å²) >= 11 is 0. The van der Waals surface area contributed by atoms with E-state index in [9.17, 15) is 9.59 Å². The molecule has 1 atom stereocenters. The van der Waals surface area contributed by atoms with Crippen LogP contribution < -0.4 is 5.32 Å². The van der Waals surface area contributed by atoms with Gasteiger partial charge in [-0.1, -0.05) is 0 Å². The molecular formula is C18H23N3O4. The number of aryl methyl sites for hydroxylation is 1. The number of rotatable bonds is 6. The molecule has 1 fully saturated rings. The van der Waals surface area contributed by atoms with Crippen molar-refractivity contribution in [2.24, 2.45) is 0 Å². The molecular weight excluding hydrogens is 322 g/mol. The first-order chi connectivity index (χ1) is 12.0. The van der Waals surface area contributed by atoms with E-state index in [-0.39, 0.29) is 17.7 Å². The van der Waals surface area contributed by atoms with Crippen LogP contribution in [-0.4, -0.2) is 54.4 Å². The molecule has 0 radical (unpaired) electrons. The van der Waals surface area contributed by atoms with E-state index in [0.717, 1.165) is 24.6 Å². The molecule has 0 bridgehead atoms. The van der Waals surface area contributed by atoms with Crippen molar-refractivity contribution in [3.8, 4) is 0 Å². The Morgan fingerprint density at radius 1 is 1.32 bits per heavy atom. The molecule has 7 nitrogen and oxygen atoms in total. The number of aromatic amines is 1. The molecule has 2 aromatic rings. The summed E-state index contributed by atoms with van der Waals surface area (Å²) in [5, 5.41) is 2.93. The summed E-state index contributed by atoms with van der Waals surface area (Å²) in [7, 11) is 0. The summed E-state index contributed by atoms with van der Waals surface area (Å²) < 4.78 is 11.2. The zero-order valence-corrected chi connectivity index (χ0v) is 14.5. The van der Waals surface area contributed by atoms with Crippen LogP contribution in [-0.2, 0) is 4.74 Å². The summed E-state index contributed by atoms with van der Waals surface area (Å²) in [6, 6.07) is 5.39. The molecule has 1 aliphatic rings. The Kier molecular flexibility index (Phi) is 5.35. The first-order valence-electron chi connectivity index (χ1n) is 8.40. The van der Waals surface area contributed by atoms with Crippen LogP contribution >= 0.6 is 0 Å². The van der Waals surface area contributed by atoms with E-state index >= 15 is 0 Å². The Morgan fingerprint density at radius 2 is 2.08 bits per heavy atom. The number of carbonyl (C=O) groups excluding carboxylic acids is 2. The lowest BCUT2D eigenvalue weighted by molar-refractivity contribution is 0.0117. The second kappa shape index (κ2) is 7.67. The summed E-state index contributed by atoms with van der Waals surface area (Å²) in [5.41, 5.74) is 0.873. The van der Waals surface area contributed by atoms with Crippen molar-refractivity contribution in [1.29, 1.82) is 0 Å². The fraction of sp³-hybridized carbons (Fsp3) is 0.444. The van der Waals surface area contributed by atoms with E-state index in [4.69, 9.17) is 9.15 Å². The lowest BCUT2D eigenvalue weighted by Crippen LogP contribution is -2.43. The normalized spacial score (nSPS) is 16.6. The van der Waals surface area contributed by atoms with Gasteiger partial charge in [0.25, 0.3) is 5.91 Å². The van der Waals surface area contributed by atoms with Crippen LogP contribution in [0.4, 0.5) is 0 Å². The largest absolute Gasteiger partial charge is 0.465 e. The number of morpholine rings is 1. The molecule has 0 saturated carbocycles. The zero-order valence-electron chi connectivity index (χ0n) is 14.5. The van der Waals surface area contributed by atoms with Gasteiger partial charge >= 0.3 is 0 Å². The molecule has 3 heterocycles. The average Bonchev–Trinajstić information content (AvgIpc) is 3.25. The quantitative estimate of drug-likeness (QED) is 0.781. The van der Waals surface area contributed by atoms with Crippen LogP contribution in [0.1, 0.15) is 45.3 Å². The van der Waals surface area contributed by atoms with Gasteiger partial charge in [0.15, 0.2) is 5.78 Å². The van der Waals surface area contributed by atoms with Crippen molar-refractivity contribution in [3.63, 3.8) is 0 Å². The minimum absolute atomic E-state index is 0.0520. The maximum atomic E-state index is 12.4. The van der Waals surface area contributed by atoms with Crippen molar-refractivity contribution < 1.29 is 18.7 Å². The second-order valence-corrected chi connectivity index (χ2v) is 6.18. The van der Waals surface area contributed by atoms with Gasteiger partial charge in [-0.2, -0.15) is 0 Å². The minimum atomic E-state index is -0.242. The number of H-pyrrole nitrogens is 1. The highest BCUT2D eigenvalue weighted by Gasteiger charge is 2.26. The molecule has 134 valence electrons. The Bertz CT molecular complexity index is 743. The SMILES string of the molecule is CC(=O)c1c[nH]c(C(=O)NC[C@@H](c2ccc(C)o2)N2CCOCC2)c1. The third-order valence-corrected chi connectivity index (χ3v) is 4.37. The van der Waals surface area contributed by atoms with Gasteiger partial charge in [0.2, 0.25) is 0 Å². The Labute approximate surface area is 146 Å². The van der Waals surface area contributed by atoms with Gasteiger partial charge in [0.05, 0.1) is 19.3 Å². The average molecular weight is 345 g/mol. The number of hydrogen-bond acceptors (Lipinski definition) is 5. The summed E-state index contributed by atoms with van der Waals surface area (Å²) in [5.74, 6) is 1.35. The summed E-state index contributed by atoms with van der Waals surface area (Å²) in [4.78, 5) is 28.8. The number of furan rings is 1. The number of amides is 1. The van der Waals surface area contributed by atoms with Gasteiger partial charge in [-0.3, -0.25) is 14.5 Å². The third-order valence-electron chi connectivity index (χ3n) is 4.37. The van der Waals surface area contributed by atoms with Crippen LogP contribution in [0, 0.1) is 6.92 Å². The Morgan fingerprint density at radius 3 is 2.68 bits per heavy atom. The molecule has 1 aliphatic heterocycles. The van der Waals surface area contributed by atoms with E-state index in [0.29, 0.717) is 31.0 Å². The highest BCUT2D eigenvalue weighted by atomic mass is 16.5. The van der Waals surface area contributed by atoms with Crippen LogP contribution in [0.25, 0.3) is 0 Å². The van der Waals surface area contributed by atoms with E-state index < -0.39 is 0 Å². The lowest BCUT2D eigenvalue weighted by atomic mass is 10.1. The van der Waals surface area contributed by atoms with Crippen molar-refractivity contribution in [3.05, 3.63) is 47.2 Å². The van der Waals surface area contributed by atoms with Gasteiger partial charge in [0, 0.05) is 31.4 Å². The molecule has 0 unspecified atom stereocenters. The minimum Gasteiger partial charge on any atom is -0.465 e. The van der Waals surface area contributed by atoms with Gasteiger partial charge < -0.3 is 19.5 Å². The van der Waals surface area contributed by atoms with E-state index in [1.54, 1.807) is 12.3 Å². The highest BCUT2D eigenvalue weighted by molar-refractivity contribution is 5.99. The Balaban J connectivity index is 1.69. The van der Waals surface area contributed by atoms with Crippen molar-refractivity contribution in [1.82, 2.24) is 15.2 Å². The zero-order chi connectivity index (χ0) is 17.8. The number of ketones is 1. The van der Waals surface area contributed by atoms with E-state index in [1.165, 1.54) is 6.92 Å². The number of aromatic nitrogens is 1. The molecule has 2 N–H and O–H groups in total. The molecule has 0 spiro atoms. The number of nitrogens with one attached hydrogen (secondary N) is 2. The number of Topliss-reactive ketones (excluding diaryl/α,β-unsaturated/α-hetero) is 1. The molecule has 7 heteroatoms. The first kappa shape index (κ1) is 17.4. The predicted molar refractivity (Wildman–Crippen MR) is 91.7 cm³/mol. The third kappa shape index (κ3) is 4.18. The van der Waals surface area contributed by atoms with Crippen LogP contribution in [0.5, 0.6) is 0 Å². The molecule has 2 aromatic heterocycles. The van der Waals surface area contributed by atoms with Gasteiger partial charge in [-0.15, -0.1) is 0 Å². The van der Waals surface area contributed by atoms with Gasteiger partial charge in [-0.25, -0.2) is 0 Å². The monoisotopic (exact) mass is 345 g/mol. The topological polar surface area (TPSA) is 87.6 Å². The molecule has 1 amide bonds. The summed E-state index contributed by atoms with van der Waals surface area (Å²) in [6.07, 6.45) is 1.55. The van der Waals surface area contributed by atoms with Crippen molar-refractivity contribution in [2.45, 2.75) is 19.9 Å². The Hall–Kier alpha value is -2.38. The van der Waals surface area contributed by atoms with Gasteiger partial charge in [-0.05, 0) is 32.0 Å². The van der Waals surface area contributed by atoms with E-state index in [1.807, 2.05) is 19.1 Å². The molecule has 0 aliphatic carbocycles. The molecule has 1 saturated heterocycles. The van der Waals surface area contributed by atoms with Crippen LogP contribution in [0.2, 0.25) is 0 Å². The maximum absolute atomic E-state index is 12.4. The number of nitrogens with zero attached hydrogens (tertiary/aromatic N) is 1. The van der Waals surface area contributed by atoms with E-state index in [2.05, 4.69) is 15.2 Å². The van der Waals surface area contributed by atoms with Crippen LogP contribution in [0.3, 0.4) is 0 Å². The number of ether oxygens (including phenoxy) is 1. The lowest BCUT2D eigenvalue weighted by Gasteiger charge is -2.33. The predicted octanol–water partition coefficient (Wildman–Crippen LogP) is 1.92. The highest BCUT2D eigenvalue weighted by Crippen LogP contribution is 2.23.